The highest BCUT2D eigenvalue weighted by atomic mass is 35.5. The van der Waals surface area contributed by atoms with Crippen molar-refractivity contribution in [2.24, 2.45) is 0 Å². The van der Waals surface area contributed by atoms with Crippen LogP contribution in [-0.4, -0.2) is 24.2 Å². The molecule has 0 aliphatic carbocycles. The highest BCUT2D eigenvalue weighted by molar-refractivity contribution is 6.28. The summed E-state index contributed by atoms with van der Waals surface area (Å²) in [6, 6.07) is 13.2. The van der Waals surface area contributed by atoms with E-state index < -0.39 is 0 Å². The molecule has 0 saturated carbocycles. The lowest BCUT2D eigenvalue weighted by molar-refractivity contribution is 0.355. The Kier molecular flexibility index (Phi) is 3.98. The summed E-state index contributed by atoms with van der Waals surface area (Å²) in [4.78, 5) is 8.47. The van der Waals surface area contributed by atoms with Gasteiger partial charge in [0.25, 0.3) is 0 Å². The van der Waals surface area contributed by atoms with E-state index in [1.54, 1.807) is 14.2 Å². The maximum Gasteiger partial charge on any atom is 0.224 e. The van der Waals surface area contributed by atoms with Gasteiger partial charge in [-0.3, -0.25) is 0 Å². The van der Waals surface area contributed by atoms with Gasteiger partial charge in [0.1, 0.15) is 5.82 Å². The number of hydrogen-bond acceptors (Lipinski definition) is 5. The Morgan fingerprint density at radius 2 is 1.73 bits per heavy atom. The number of ether oxygens (including phenoxy) is 2. The molecule has 1 N–H and O–H groups in total. The van der Waals surface area contributed by atoms with E-state index in [4.69, 9.17) is 21.1 Å². The van der Waals surface area contributed by atoms with E-state index in [1.165, 1.54) is 0 Å². The lowest BCUT2D eigenvalue weighted by Crippen LogP contribution is -1.98. The molecule has 0 spiro atoms. The molecule has 1 heterocycles. The van der Waals surface area contributed by atoms with Gasteiger partial charge in [0.2, 0.25) is 5.28 Å². The van der Waals surface area contributed by atoms with E-state index in [-0.39, 0.29) is 5.28 Å². The predicted molar refractivity (Wildman–Crippen MR) is 87.4 cm³/mol. The molecule has 0 amide bonds. The maximum absolute atomic E-state index is 5.99. The van der Waals surface area contributed by atoms with Gasteiger partial charge in [-0.2, -0.15) is 4.98 Å². The van der Waals surface area contributed by atoms with Gasteiger partial charge < -0.3 is 14.8 Å². The lowest BCUT2D eigenvalue weighted by Gasteiger charge is -2.12. The van der Waals surface area contributed by atoms with Crippen molar-refractivity contribution < 1.29 is 9.47 Å². The number of para-hydroxylation sites is 1. The van der Waals surface area contributed by atoms with Gasteiger partial charge >= 0.3 is 0 Å². The van der Waals surface area contributed by atoms with Crippen LogP contribution >= 0.6 is 11.6 Å². The number of nitrogens with one attached hydrogen (secondary N) is 1. The Morgan fingerprint density at radius 3 is 2.50 bits per heavy atom. The molecule has 0 saturated heterocycles. The van der Waals surface area contributed by atoms with Gasteiger partial charge in [0, 0.05) is 17.1 Å². The van der Waals surface area contributed by atoms with Gasteiger partial charge in [0.15, 0.2) is 11.5 Å². The number of halogens is 1. The largest absolute Gasteiger partial charge is 0.493 e. The van der Waals surface area contributed by atoms with E-state index in [1.807, 2.05) is 42.5 Å². The molecule has 112 valence electrons. The summed E-state index contributed by atoms with van der Waals surface area (Å²) in [5, 5.41) is 4.33. The van der Waals surface area contributed by atoms with E-state index in [0.29, 0.717) is 17.3 Å². The molecule has 22 heavy (non-hydrogen) atoms. The number of methoxy groups -OCH3 is 2. The topological polar surface area (TPSA) is 56.3 Å². The number of aromatic nitrogens is 2. The van der Waals surface area contributed by atoms with Crippen LogP contribution in [-0.2, 0) is 0 Å². The van der Waals surface area contributed by atoms with Crippen LogP contribution in [0.25, 0.3) is 10.9 Å². The van der Waals surface area contributed by atoms with Crippen molar-refractivity contribution in [3.8, 4) is 11.5 Å². The van der Waals surface area contributed by atoms with Crippen molar-refractivity contribution in [3.05, 3.63) is 47.7 Å². The van der Waals surface area contributed by atoms with Crippen LogP contribution in [0.5, 0.6) is 11.5 Å². The minimum Gasteiger partial charge on any atom is -0.493 e. The number of fused-ring (bicyclic) bond motifs is 1. The van der Waals surface area contributed by atoms with E-state index in [9.17, 15) is 0 Å². The Hall–Kier alpha value is -2.53. The number of benzene rings is 2. The van der Waals surface area contributed by atoms with Crippen molar-refractivity contribution in [3.63, 3.8) is 0 Å². The Balaban J connectivity index is 2.03. The standard InChI is InChI=1S/C16H14ClN3O2/c1-21-13-8-7-10(9-14(13)22-2)18-15-11-5-3-4-6-12(11)19-16(17)20-15/h3-9H,1-2H3,(H,18,19,20). The first-order valence-electron chi connectivity index (χ1n) is 6.62. The summed E-state index contributed by atoms with van der Waals surface area (Å²) >= 11 is 5.99. The molecule has 0 atom stereocenters. The van der Waals surface area contributed by atoms with Crippen LogP contribution in [0.4, 0.5) is 11.5 Å². The molecule has 1 aromatic heterocycles. The van der Waals surface area contributed by atoms with Crippen LogP contribution in [0.2, 0.25) is 5.28 Å². The van der Waals surface area contributed by atoms with Crippen LogP contribution < -0.4 is 14.8 Å². The molecule has 5 nitrogen and oxygen atoms in total. The molecule has 3 rings (SSSR count). The van der Waals surface area contributed by atoms with Crippen molar-refractivity contribution >= 4 is 34.0 Å². The molecule has 0 aliphatic rings. The summed E-state index contributed by atoms with van der Waals surface area (Å²) in [7, 11) is 3.20. The van der Waals surface area contributed by atoms with E-state index in [0.717, 1.165) is 16.6 Å². The number of nitrogens with zero attached hydrogens (tertiary/aromatic N) is 2. The summed E-state index contributed by atoms with van der Waals surface area (Å²) in [5.41, 5.74) is 1.60. The minimum absolute atomic E-state index is 0.196. The maximum atomic E-state index is 5.99. The Labute approximate surface area is 132 Å². The number of hydrogen-bond donors (Lipinski definition) is 1. The van der Waals surface area contributed by atoms with Crippen LogP contribution in [0.3, 0.4) is 0 Å². The van der Waals surface area contributed by atoms with Gasteiger partial charge in [-0.25, -0.2) is 4.98 Å². The monoisotopic (exact) mass is 315 g/mol. The molecule has 0 fully saturated rings. The van der Waals surface area contributed by atoms with Gasteiger partial charge in [-0.1, -0.05) is 12.1 Å². The Bertz CT molecular complexity index is 824. The SMILES string of the molecule is COc1ccc(Nc2nc(Cl)nc3ccccc23)cc1OC. The highest BCUT2D eigenvalue weighted by Gasteiger charge is 2.09. The van der Waals surface area contributed by atoms with Crippen LogP contribution in [0.15, 0.2) is 42.5 Å². The second-order valence-electron chi connectivity index (χ2n) is 4.55. The molecular formula is C16H14ClN3O2. The first-order chi connectivity index (χ1) is 10.7. The second-order valence-corrected chi connectivity index (χ2v) is 4.89. The molecule has 0 unspecified atom stereocenters. The molecular weight excluding hydrogens is 302 g/mol. The zero-order chi connectivity index (χ0) is 15.5. The van der Waals surface area contributed by atoms with Crippen molar-refractivity contribution in [1.29, 1.82) is 0 Å². The number of rotatable bonds is 4. The van der Waals surface area contributed by atoms with E-state index in [2.05, 4.69) is 15.3 Å². The zero-order valence-electron chi connectivity index (χ0n) is 12.1. The highest BCUT2D eigenvalue weighted by Crippen LogP contribution is 2.32. The fourth-order valence-corrected chi connectivity index (χ4v) is 2.37. The lowest BCUT2D eigenvalue weighted by atomic mass is 10.2. The van der Waals surface area contributed by atoms with Gasteiger partial charge in [-0.05, 0) is 35.9 Å². The smallest absolute Gasteiger partial charge is 0.224 e. The molecule has 0 bridgehead atoms. The fourth-order valence-electron chi connectivity index (χ4n) is 2.19. The van der Waals surface area contributed by atoms with Crippen molar-refractivity contribution in [1.82, 2.24) is 9.97 Å². The molecule has 2 aromatic carbocycles. The summed E-state index contributed by atoms with van der Waals surface area (Å²) in [5.74, 6) is 1.94. The van der Waals surface area contributed by atoms with Crippen molar-refractivity contribution in [2.45, 2.75) is 0 Å². The quantitative estimate of drug-likeness (QED) is 0.736. The van der Waals surface area contributed by atoms with E-state index >= 15 is 0 Å². The first-order valence-corrected chi connectivity index (χ1v) is 7.00. The third kappa shape index (κ3) is 2.76. The average Bonchev–Trinajstić information content (AvgIpc) is 2.54. The third-order valence-electron chi connectivity index (χ3n) is 3.22. The fraction of sp³-hybridized carbons (Fsp3) is 0.125. The molecule has 6 heteroatoms. The first kappa shape index (κ1) is 14.4. The Morgan fingerprint density at radius 1 is 0.955 bits per heavy atom. The predicted octanol–water partition coefficient (Wildman–Crippen LogP) is 4.04. The van der Waals surface area contributed by atoms with Crippen molar-refractivity contribution in [2.75, 3.05) is 19.5 Å². The molecule has 0 radical (unpaired) electrons. The average molecular weight is 316 g/mol. The summed E-state index contributed by atoms with van der Waals surface area (Å²) in [6.45, 7) is 0. The van der Waals surface area contributed by atoms with Gasteiger partial charge in [-0.15, -0.1) is 0 Å². The zero-order valence-corrected chi connectivity index (χ0v) is 12.9. The van der Waals surface area contributed by atoms with Gasteiger partial charge in [0.05, 0.1) is 19.7 Å². The van der Waals surface area contributed by atoms with Crippen LogP contribution in [0, 0.1) is 0 Å². The van der Waals surface area contributed by atoms with Crippen LogP contribution in [0.1, 0.15) is 0 Å². The molecule has 0 aliphatic heterocycles. The third-order valence-corrected chi connectivity index (χ3v) is 3.39. The normalized spacial score (nSPS) is 10.5. The minimum atomic E-state index is 0.196. The number of anilines is 2. The summed E-state index contributed by atoms with van der Waals surface area (Å²) in [6.07, 6.45) is 0. The molecule has 3 aromatic rings. The summed E-state index contributed by atoms with van der Waals surface area (Å²) < 4.78 is 10.5. The second kappa shape index (κ2) is 6.07.